The van der Waals surface area contributed by atoms with Crippen molar-refractivity contribution in [1.29, 1.82) is 0 Å². The van der Waals surface area contributed by atoms with Crippen molar-refractivity contribution in [1.82, 2.24) is 0 Å². The maximum absolute atomic E-state index is 5.69. The lowest BCUT2D eigenvalue weighted by atomic mass is 10.0. The Hall–Kier alpha value is -0.0400. The molecule has 0 saturated heterocycles. The monoisotopic (exact) mass is 224 g/mol. The highest BCUT2D eigenvalue weighted by atomic mass is 16.5. The van der Waals surface area contributed by atoms with E-state index in [0.717, 1.165) is 18.6 Å². The van der Waals surface area contributed by atoms with E-state index in [1.165, 1.54) is 57.8 Å². The third-order valence-corrected chi connectivity index (χ3v) is 4.60. The van der Waals surface area contributed by atoms with Crippen LogP contribution in [-0.2, 0) is 4.74 Å². The fraction of sp³-hybridized carbons (Fsp3) is 1.00. The van der Waals surface area contributed by atoms with Crippen LogP contribution in [0.3, 0.4) is 0 Å². The molecule has 0 unspecified atom stereocenters. The largest absolute Gasteiger partial charge is 0.381 e. The van der Waals surface area contributed by atoms with Crippen LogP contribution >= 0.6 is 0 Å². The molecule has 0 aliphatic heterocycles. The van der Waals surface area contributed by atoms with E-state index in [2.05, 4.69) is 13.8 Å². The lowest BCUT2D eigenvalue weighted by molar-refractivity contribution is 0.121. The molecule has 1 nitrogen and oxygen atoms in total. The second kappa shape index (κ2) is 5.08. The van der Waals surface area contributed by atoms with E-state index in [1.54, 1.807) is 0 Å². The molecule has 16 heavy (non-hydrogen) atoms. The van der Waals surface area contributed by atoms with Crippen LogP contribution in [0, 0.1) is 10.8 Å². The zero-order chi connectivity index (χ0) is 11.5. The summed E-state index contributed by atoms with van der Waals surface area (Å²) in [6.45, 7) is 6.81. The Balaban J connectivity index is 1.32. The van der Waals surface area contributed by atoms with Crippen molar-refractivity contribution in [2.24, 2.45) is 10.8 Å². The zero-order valence-electron chi connectivity index (χ0n) is 11.2. The van der Waals surface area contributed by atoms with Gasteiger partial charge < -0.3 is 4.74 Å². The van der Waals surface area contributed by atoms with Gasteiger partial charge in [-0.05, 0) is 62.2 Å². The predicted molar refractivity (Wildman–Crippen MR) is 68.6 cm³/mol. The normalized spacial score (nSPS) is 24.4. The van der Waals surface area contributed by atoms with Gasteiger partial charge in [-0.25, -0.2) is 0 Å². The molecule has 0 bridgehead atoms. The van der Waals surface area contributed by atoms with Crippen molar-refractivity contribution in [3.8, 4) is 0 Å². The molecule has 0 aromatic carbocycles. The highest BCUT2D eigenvalue weighted by molar-refractivity contribution is 4.88. The Morgan fingerprint density at radius 2 is 1.25 bits per heavy atom. The minimum Gasteiger partial charge on any atom is -0.381 e. The maximum atomic E-state index is 5.69. The van der Waals surface area contributed by atoms with Crippen molar-refractivity contribution in [2.45, 2.75) is 71.6 Å². The van der Waals surface area contributed by atoms with Gasteiger partial charge >= 0.3 is 0 Å². The lowest BCUT2D eigenvalue weighted by Gasteiger charge is -2.09. The van der Waals surface area contributed by atoms with Crippen molar-refractivity contribution < 1.29 is 4.74 Å². The highest BCUT2D eigenvalue weighted by Crippen LogP contribution is 2.49. The number of unbranched alkanes of at least 4 members (excludes halogenated alkanes) is 1. The molecule has 2 aliphatic rings. The molecule has 2 fully saturated rings. The fourth-order valence-corrected chi connectivity index (χ4v) is 2.39. The first-order valence-electron chi connectivity index (χ1n) is 7.20. The summed E-state index contributed by atoms with van der Waals surface area (Å²) in [7, 11) is 0. The SMILES string of the molecule is CC1(CCCCOCCCC2(C)CC2)CC1. The maximum Gasteiger partial charge on any atom is 0.0466 e. The van der Waals surface area contributed by atoms with Crippen molar-refractivity contribution in [2.75, 3.05) is 13.2 Å². The molecule has 1 heteroatoms. The van der Waals surface area contributed by atoms with Crippen LogP contribution < -0.4 is 0 Å². The molecular weight excluding hydrogens is 196 g/mol. The van der Waals surface area contributed by atoms with Crippen LogP contribution in [0.1, 0.15) is 71.6 Å². The van der Waals surface area contributed by atoms with E-state index in [9.17, 15) is 0 Å². The zero-order valence-corrected chi connectivity index (χ0v) is 11.2. The van der Waals surface area contributed by atoms with Crippen molar-refractivity contribution >= 4 is 0 Å². The summed E-state index contributed by atoms with van der Waals surface area (Å²) in [5, 5.41) is 0. The van der Waals surface area contributed by atoms with Gasteiger partial charge in [-0.3, -0.25) is 0 Å². The van der Waals surface area contributed by atoms with E-state index in [1.807, 2.05) is 0 Å². The summed E-state index contributed by atoms with van der Waals surface area (Å²) in [6.07, 6.45) is 12.5. The second-order valence-corrected chi connectivity index (χ2v) is 6.79. The van der Waals surface area contributed by atoms with Crippen molar-refractivity contribution in [3.05, 3.63) is 0 Å². The summed E-state index contributed by atoms with van der Waals surface area (Å²) in [4.78, 5) is 0. The van der Waals surface area contributed by atoms with E-state index >= 15 is 0 Å². The van der Waals surface area contributed by atoms with Crippen LogP contribution in [0.4, 0.5) is 0 Å². The molecule has 0 aromatic rings. The van der Waals surface area contributed by atoms with E-state index in [0.29, 0.717) is 5.41 Å². The number of ether oxygens (including phenoxy) is 1. The third kappa shape index (κ3) is 4.45. The summed E-state index contributed by atoms with van der Waals surface area (Å²) >= 11 is 0. The first-order chi connectivity index (χ1) is 7.62. The number of rotatable bonds is 9. The van der Waals surface area contributed by atoms with Crippen LogP contribution in [0.2, 0.25) is 0 Å². The highest BCUT2D eigenvalue weighted by Gasteiger charge is 2.36. The van der Waals surface area contributed by atoms with E-state index in [4.69, 9.17) is 4.74 Å². The quantitative estimate of drug-likeness (QED) is 0.522. The van der Waals surface area contributed by atoms with Gasteiger partial charge in [0, 0.05) is 13.2 Å². The standard InChI is InChI=1S/C15H28O/c1-14(8-9-14)6-3-4-12-16-13-5-7-15(2)10-11-15/h3-13H2,1-2H3. The third-order valence-electron chi connectivity index (χ3n) is 4.60. The first-order valence-corrected chi connectivity index (χ1v) is 7.20. The summed E-state index contributed by atoms with van der Waals surface area (Å²) in [5.41, 5.74) is 1.45. The molecule has 0 spiro atoms. The Morgan fingerprint density at radius 1 is 0.750 bits per heavy atom. The minimum atomic E-state index is 0.712. The van der Waals surface area contributed by atoms with Gasteiger partial charge in [-0.2, -0.15) is 0 Å². The Labute approximate surface area is 101 Å². The molecule has 0 amide bonds. The van der Waals surface area contributed by atoms with Gasteiger partial charge in [-0.1, -0.05) is 20.3 Å². The number of hydrogen-bond acceptors (Lipinski definition) is 1. The molecule has 94 valence electrons. The molecular formula is C15H28O. The average Bonchev–Trinajstić information content (AvgIpc) is 3.14. The van der Waals surface area contributed by atoms with Crippen LogP contribution in [0.5, 0.6) is 0 Å². The summed E-state index contributed by atoms with van der Waals surface area (Å²) in [6, 6.07) is 0. The van der Waals surface area contributed by atoms with Gasteiger partial charge in [0.2, 0.25) is 0 Å². The Bertz CT molecular complexity index is 189. The van der Waals surface area contributed by atoms with Crippen molar-refractivity contribution in [3.63, 3.8) is 0 Å². The Morgan fingerprint density at radius 3 is 1.81 bits per heavy atom. The summed E-state index contributed by atoms with van der Waals surface area (Å²) in [5.74, 6) is 0. The molecule has 0 aromatic heterocycles. The lowest BCUT2D eigenvalue weighted by Crippen LogP contribution is -2.01. The molecule has 2 rings (SSSR count). The minimum absolute atomic E-state index is 0.712. The molecule has 0 N–H and O–H groups in total. The average molecular weight is 224 g/mol. The number of hydrogen-bond donors (Lipinski definition) is 0. The van der Waals surface area contributed by atoms with Crippen LogP contribution in [0.15, 0.2) is 0 Å². The molecule has 0 heterocycles. The van der Waals surface area contributed by atoms with E-state index in [-0.39, 0.29) is 0 Å². The summed E-state index contributed by atoms with van der Waals surface area (Å²) < 4.78 is 5.69. The molecule has 2 saturated carbocycles. The molecule has 0 atom stereocenters. The molecule has 2 aliphatic carbocycles. The second-order valence-electron chi connectivity index (χ2n) is 6.79. The first kappa shape index (κ1) is 12.4. The Kier molecular flexibility index (Phi) is 3.94. The smallest absolute Gasteiger partial charge is 0.0466 e. The van der Waals surface area contributed by atoms with E-state index < -0.39 is 0 Å². The van der Waals surface area contributed by atoms with Gasteiger partial charge in [0.15, 0.2) is 0 Å². The topological polar surface area (TPSA) is 9.23 Å². The predicted octanol–water partition coefficient (Wildman–Crippen LogP) is 4.55. The fourth-order valence-electron chi connectivity index (χ4n) is 2.39. The van der Waals surface area contributed by atoms with Crippen LogP contribution in [-0.4, -0.2) is 13.2 Å². The van der Waals surface area contributed by atoms with Gasteiger partial charge in [-0.15, -0.1) is 0 Å². The van der Waals surface area contributed by atoms with Gasteiger partial charge in [0.25, 0.3) is 0 Å². The van der Waals surface area contributed by atoms with Gasteiger partial charge in [0.05, 0.1) is 0 Å². The molecule has 0 radical (unpaired) electrons. The van der Waals surface area contributed by atoms with Gasteiger partial charge in [0.1, 0.15) is 0 Å². The van der Waals surface area contributed by atoms with Crippen LogP contribution in [0.25, 0.3) is 0 Å².